The van der Waals surface area contributed by atoms with Crippen molar-refractivity contribution in [3.8, 4) is 12.3 Å². The molecule has 0 saturated carbocycles. The van der Waals surface area contributed by atoms with Gasteiger partial charge in [-0.3, -0.25) is 0 Å². The van der Waals surface area contributed by atoms with Crippen molar-refractivity contribution in [3.05, 3.63) is 35.9 Å². The second-order valence-corrected chi connectivity index (χ2v) is 6.80. The molecule has 2 heteroatoms. The van der Waals surface area contributed by atoms with Gasteiger partial charge in [0.05, 0.1) is 12.6 Å². The van der Waals surface area contributed by atoms with Crippen molar-refractivity contribution >= 4 is 0 Å². The highest BCUT2D eigenvalue weighted by Gasteiger charge is 2.49. The molecule has 0 aromatic heterocycles. The Morgan fingerprint density at radius 1 is 1.30 bits per heavy atom. The summed E-state index contributed by atoms with van der Waals surface area (Å²) in [7, 11) is 0. The summed E-state index contributed by atoms with van der Waals surface area (Å²) in [4.78, 5) is 1.40. The van der Waals surface area contributed by atoms with Crippen molar-refractivity contribution in [2.45, 2.75) is 51.3 Å². The first-order valence-corrected chi connectivity index (χ1v) is 7.43. The molecular weight excluding hydrogens is 246 g/mol. The number of nitrogens with one attached hydrogen (secondary N) is 1. The summed E-state index contributed by atoms with van der Waals surface area (Å²) in [6, 6.07) is 10.4. The van der Waals surface area contributed by atoms with Crippen LogP contribution >= 0.6 is 0 Å². The Kier molecular flexibility index (Phi) is 3.95. The SMILES string of the molecule is C#CC(C)(C)[NH+]1C[C@@H](C)[C@@](O)(c2ccccc2)C[C@H]1C. The van der Waals surface area contributed by atoms with Crippen LogP contribution in [0.4, 0.5) is 0 Å². The zero-order valence-electron chi connectivity index (χ0n) is 13.0. The molecule has 1 aromatic rings. The van der Waals surface area contributed by atoms with Crippen LogP contribution < -0.4 is 4.90 Å². The first-order valence-electron chi connectivity index (χ1n) is 7.43. The number of benzene rings is 1. The van der Waals surface area contributed by atoms with Crippen molar-refractivity contribution in [2.75, 3.05) is 6.54 Å². The van der Waals surface area contributed by atoms with Gasteiger partial charge in [0, 0.05) is 26.2 Å². The molecule has 1 fully saturated rings. The molecule has 1 aromatic carbocycles. The maximum Gasteiger partial charge on any atom is 0.153 e. The monoisotopic (exact) mass is 272 g/mol. The highest BCUT2D eigenvalue weighted by molar-refractivity contribution is 5.24. The van der Waals surface area contributed by atoms with E-state index in [-0.39, 0.29) is 11.5 Å². The van der Waals surface area contributed by atoms with Gasteiger partial charge in [0.25, 0.3) is 0 Å². The smallest absolute Gasteiger partial charge is 0.153 e. The van der Waals surface area contributed by atoms with E-state index in [1.807, 2.05) is 30.3 Å². The van der Waals surface area contributed by atoms with Crippen LogP contribution in [0.2, 0.25) is 0 Å². The zero-order chi connectivity index (χ0) is 15.0. The van der Waals surface area contributed by atoms with Gasteiger partial charge in [-0.25, -0.2) is 0 Å². The van der Waals surface area contributed by atoms with E-state index >= 15 is 0 Å². The predicted octanol–water partition coefficient (Wildman–Crippen LogP) is 1.60. The molecule has 1 saturated heterocycles. The van der Waals surface area contributed by atoms with Crippen molar-refractivity contribution in [1.82, 2.24) is 0 Å². The number of hydrogen-bond donors (Lipinski definition) is 2. The van der Waals surface area contributed by atoms with Crippen LogP contribution in [0.3, 0.4) is 0 Å². The van der Waals surface area contributed by atoms with E-state index in [1.165, 1.54) is 4.90 Å². The highest BCUT2D eigenvalue weighted by atomic mass is 16.3. The number of hydrogen-bond acceptors (Lipinski definition) is 1. The summed E-state index contributed by atoms with van der Waals surface area (Å²) in [6.45, 7) is 9.43. The standard InChI is InChI=1S/C18H25NO/c1-6-17(4,5)19-13-14(2)18(20,12-15(19)3)16-10-8-7-9-11-16/h1,7-11,14-15,20H,12-13H2,2-5H3/p+1/t14-,15-,18-/m1/s1. The molecule has 0 aliphatic carbocycles. The van der Waals surface area contributed by atoms with E-state index in [4.69, 9.17) is 6.42 Å². The third kappa shape index (κ3) is 2.49. The maximum atomic E-state index is 11.2. The van der Waals surface area contributed by atoms with Gasteiger partial charge < -0.3 is 10.0 Å². The lowest BCUT2D eigenvalue weighted by molar-refractivity contribution is -0.972. The Hall–Kier alpha value is -1.30. The first-order chi connectivity index (χ1) is 9.31. The van der Waals surface area contributed by atoms with Crippen LogP contribution in [0, 0.1) is 18.3 Å². The highest BCUT2D eigenvalue weighted by Crippen LogP contribution is 2.35. The lowest BCUT2D eigenvalue weighted by Gasteiger charge is -2.48. The van der Waals surface area contributed by atoms with E-state index in [0.29, 0.717) is 6.04 Å². The number of aliphatic hydroxyl groups is 1. The molecule has 1 unspecified atom stereocenters. The van der Waals surface area contributed by atoms with Gasteiger partial charge in [-0.15, -0.1) is 6.42 Å². The molecule has 4 atom stereocenters. The Labute approximate surface area is 122 Å². The molecular formula is C18H26NO+. The van der Waals surface area contributed by atoms with Crippen LogP contribution in [-0.4, -0.2) is 23.2 Å². The Morgan fingerprint density at radius 3 is 2.45 bits per heavy atom. The summed E-state index contributed by atoms with van der Waals surface area (Å²) >= 11 is 0. The average Bonchev–Trinajstić information content (AvgIpc) is 2.43. The molecule has 0 spiro atoms. The molecule has 1 heterocycles. The lowest BCUT2D eigenvalue weighted by Crippen LogP contribution is -3.24. The van der Waals surface area contributed by atoms with E-state index in [1.54, 1.807) is 0 Å². The Bertz CT molecular complexity index is 502. The van der Waals surface area contributed by atoms with Gasteiger partial charge in [0.1, 0.15) is 5.60 Å². The largest absolute Gasteiger partial charge is 0.384 e. The molecule has 0 bridgehead atoms. The minimum absolute atomic E-state index is 0.184. The second kappa shape index (κ2) is 5.24. The maximum absolute atomic E-state index is 11.2. The number of rotatable bonds is 2. The number of piperidine rings is 1. The molecule has 0 radical (unpaired) electrons. The Morgan fingerprint density at radius 2 is 1.90 bits per heavy atom. The molecule has 108 valence electrons. The fourth-order valence-electron chi connectivity index (χ4n) is 3.58. The van der Waals surface area contributed by atoms with E-state index in [9.17, 15) is 5.11 Å². The quantitative estimate of drug-likeness (QED) is 0.785. The molecule has 0 amide bonds. The van der Waals surface area contributed by atoms with Crippen molar-refractivity contribution in [1.29, 1.82) is 0 Å². The minimum Gasteiger partial charge on any atom is -0.384 e. The third-order valence-corrected chi connectivity index (χ3v) is 4.99. The molecule has 2 rings (SSSR count). The molecule has 2 N–H and O–H groups in total. The van der Waals surface area contributed by atoms with Crippen LogP contribution in [0.25, 0.3) is 0 Å². The number of terminal acetylenes is 1. The van der Waals surface area contributed by atoms with Crippen molar-refractivity contribution < 1.29 is 10.0 Å². The fourth-order valence-corrected chi connectivity index (χ4v) is 3.58. The number of quaternary nitrogens is 1. The average molecular weight is 272 g/mol. The van der Waals surface area contributed by atoms with Crippen molar-refractivity contribution in [3.63, 3.8) is 0 Å². The first kappa shape index (κ1) is 15.1. The minimum atomic E-state index is -0.741. The van der Waals surface area contributed by atoms with Crippen LogP contribution in [-0.2, 0) is 5.60 Å². The summed E-state index contributed by atoms with van der Waals surface area (Å²) in [5.74, 6) is 3.09. The van der Waals surface area contributed by atoms with Gasteiger partial charge in [-0.1, -0.05) is 37.3 Å². The summed E-state index contributed by atoms with van der Waals surface area (Å²) in [5, 5.41) is 11.2. The third-order valence-electron chi connectivity index (χ3n) is 4.99. The zero-order valence-corrected chi connectivity index (χ0v) is 13.0. The van der Waals surface area contributed by atoms with E-state index in [0.717, 1.165) is 18.5 Å². The van der Waals surface area contributed by atoms with Gasteiger partial charge in [0.2, 0.25) is 0 Å². The normalized spacial score (nSPS) is 34.5. The van der Waals surface area contributed by atoms with Crippen molar-refractivity contribution in [2.24, 2.45) is 5.92 Å². The van der Waals surface area contributed by atoms with Gasteiger partial charge in [-0.05, 0) is 18.4 Å². The van der Waals surface area contributed by atoms with Gasteiger partial charge in [-0.2, -0.15) is 0 Å². The lowest BCUT2D eigenvalue weighted by atomic mass is 9.73. The van der Waals surface area contributed by atoms with Gasteiger partial charge >= 0.3 is 0 Å². The topological polar surface area (TPSA) is 24.7 Å². The number of likely N-dealkylation sites (tertiary alicyclic amines) is 1. The van der Waals surface area contributed by atoms with Crippen LogP contribution in [0.1, 0.15) is 39.7 Å². The summed E-state index contributed by atoms with van der Waals surface area (Å²) in [6.07, 6.45) is 6.44. The van der Waals surface area contributed by atoms with Crippen LogP contribution in [0.15, 0.2) is 30.3 Å². The molecule has 1 aliphatic heterocycles. The second-order valence-electron chi connectivity index (χ2n) is 6.80. The van der Waals surface area contributed by atoms with E-state index < -0.39 is 5.60 Å². The fraction of sp³-hybridized carbons (Fsp3) is 0.556. The predicted molar refractivity (Wildman–Crippen MR) is 82.3 cm³/mol. The summed E-state index contributed by atoms with van der Waals surface area (Å²) < 4.78 is 0. The van der Waals surface area contributed by atoms with Crippen LogP contribution in [0.5, 0.6) is 0 Å². The van der Waals surface area contributed by atoms with E-state index in [2.05, 4.69) is 33.6 Å². The molecule has 2 nitrogen and oxygen atoms in total. The molecule has 20 heavy (non-hydrogen) atoms. The summed E-state index contributed by atoms with van der Waals surface area (Å²) in [5.41, 5.74) is 0.0949. The van der Waals surface area contributed by atoms with Gasteiger partial charge in [0.15, 0.2) is 5.54 Å². The molecule has 1 aliphatic rings. The Balaban J connectivity index is 2.29.